The number of phenols is 2. The van der Waals surface area contributed by atoms with Gasteiger partial charge in [0.25, 0.3) is 5.91 Å². The minimum atomic E-state index is -0.437. The van der Waals surface area contributed by atoms with Crippen LogP contribution in [0.2, 0.25) is 0 Å². The highest BCUT2D eigenvalue weighted by Gasteiger charge is 2.17. The summed E-state index contributed by atoms with van der Waals surface area (Å²) in [4.78, 5) is 12.0. The maximum Gasteiger partial charge on any atom is 0.259 e. The number of hydrogen-bond donors (Lipinski definition) is 3. The molecule has 1 amide bonds. The van der Waals surface area contributed by atoms with Crippen molar-refractivity contribution in [3.05, 3.63) is 23.8 Å². The molecule has 3 N–H and O–H groups in total. The summed E-state index contributed by atoms with van der Waals surface area (Å²) in [6, 6.07) is 4.29. The van der Waals surface area contributed by atoms with Crippen LogP contribution in [0.1, 0.15) is 50.4 Å². The van der Waals surface area contributed by atoms with Crippen LogP contribution in [0.4, 0.5) is 0 Å². The second-order valence-corrected chi connectivity index (χ2v) is 5.37. The van der Waals surface area contributed by atoms with Crippen molar-refractivity contribution in [2.24, 2.45) is 5.92 Å². The number of carbonyl (C=O) groups is 1. The van der Waals surface area contributed by atoms with Gasteiger partial charge in [0.2, 0.25) is 0 Å². The van der Waals surface area contributed by atoms with Crippen molar-refractivity contribution in [1.29, 1.82) is 0 Å². The SMILES string of the molecule is CC(C)CCCC(C)NC(=O)c1c(O)cccc1O. The fourth-order valence-electron chi connectivity index (χ4n) is 1.96. The fraction of sp³-hybridized carbons (Fsp3) is 0.533. The molecule has 0 saturated carbocycles. The molecule has 1 unspecified atom stereocenters. The molecule has 0 aliphatic carbocycles. The number of phenolic OH excluding ortho intramolecular Hbond substituents is 2. The number of benzene rings is 1. The lowest BCUT2D eigenvalue weighted by atomic mass is 10.0. The van der Waals surface area contributed by atoms with E-state index in [9.17, 15) is 15.0 Å². The summed E-state index contributed by atoms with van der Waals surface area (Å²) in [6.07, 6.45) is 3.06. The molecular formula is C15H23NO3. The summed E-state index contributed by atoms with van der Waals surface area (Å²) >= 11 is 0. The van der Waals surface area contributed by atoms with Gasteiger partial charge in [0.05, 0.1) is 0 Å². The molecular weight excluding hydrogens is 242 g/mol. The van der Waals surface area contributed by atoms with Gasteiger partial charge < -0.3 is 15.5 Å². The molecule has 1 aromatic carbocycles. The maximum absolute atomic E-state index is 12.0. The van der Waals surface area contributed by atoms with Gasteiger partial charge in [-0.3, -0.25) is 4.79 Å². The molecule has 0 heterocycles. The van der Waals surface area contributed by atoms with Gasteiger partial charge >= 0.3 is 0 Å². The zero-order valence-electron chi connectivity index (χ0n) is 11.8. The normalized spacial score (nSPS) is 12.4. The number of amides is 1. The highest BCUT2D eigenvalue weighted by molar-refractivity contribution is 5.99. The predicted octanol–water partition coefficient (Wildman–Crippen LogP) is 3.04. The number of rotatable bonds is 6. The Morgan fingerprint density at radius 3 is 2.26 bits per heavy atom. The molecule has 0 spiro atoms. The highest BCUT2D eigenvalue weighted by atomic mass is 16.3. The van der Waals surface area contributed by atoms with E-state index < -0.39 is 5.91 Å². The van der Waals surface area contributed by atoms with E-state index in [1.807, 2.05) is 6.92 Å². The van der Waals surface area contributed by atoms with Crippen LogP contribution in [0.25, 0.3) is 0 Å². The van der Waals surface area contributed by atoms with Gasteiger partial charge in [0.1, 0.15) is 17.1 Å². The lowest BCUT2D eigenvalue weighted by Gasteiger charge is -2.15. The molecule has 0 aliphatic rings. The van der Waals surface area contributed by atoms with E-state index in [0.717, 1.165) is 19.3 Å². The Morgan fingerprint density at radius 1 is 1.16 bits per heavy atom. The molecule has 0 aromatic heterocycles. The molecule has 1 rings (SSSR count). The molecule has 0 radical (unpaired) electrons. The molecule has 0 aliphatic heterocycles. The topological polar surface area (TPSA) is 69.6 Å². The number of hydrogen-bond acceptors (Lipinski definition) is 3. The van der Waals surface area contributed by atoms with Crippen molar-refractivity contribution >= 4 is 5.91 Å². The predicted molar refractivity (Wildman–Crippen MR) is 75.4 cm³/mol. The lowest BCUT2D eigenvalue weighted by Crippen LogP contribution is -2.32. The van der Waals surface area contributed by atoms with Crippen LogP contribution in [0, 0.1) is 5.92 Å². The van der Waals surface area contributed by atoms with Crippen LogP contribution in [0.3, 0.4) is 0 Å². The first-order chi connectivity index (χ1) is 8.91. The average Bonchev–Trinajstić information content (AvgIpc) is 2.27. The van der Waals surface area contributed by atoms with E-state index in [-0.39, 0.29) is 23.1 Å². The third kappa shape index (κ3) is 4.81. The smallest absolute Gasteiger partial charge is 0.259 e. The maximum atomic E-state index is 12.0. The zero-order chi connectivity index (χ0) is 14.4. The van der Waals surface area contributed by atoms with Gasteiger partial charge in [-0.2, -0.15) is 0 Å². The number of carbonyl (C=O) groups excluding carboxylic acids is 1. The fourth-order valence-corrected chi connectivity index (χ4v) is 1.96. The number of aromatic hydroxyl groups is 2. The first kappa shape index (κ1) is 15.3. The Labute approximate surface area is 114 Å². The van der Waals surface area contributed by atoms with Crippen molar-refractivity contribution in [2.75, 3.05) is 0 Å². The molecule has 1 aromatic rings. The molecule has 0 saturated heterocycles. The molecule has 106 valence electrons. The average molecular weight is 265 g/mol. The van der Waals surface area contributed by atoms with Crippen LogP contribution < -0.4 is 5.32 Å². The van der Waals surface area contributed by atoms with Crippen molar-refractivity contribution in [2.45, 2.75) is 46.1 Å². The second-order valence-electron chi connectivity index (χ2n) is 5.37. The Morgan fingerprint density at radius 2 is 1.74 bits per heavy atom. The Balaban J connectivity index is 2.55. The third-order valence-electron chi connectivity index (χ3n) is 3.04. The molecule has 1 atom stereocenters. The van der Waals surface area contributed by atoms with E-state index in [2.05, 4.69) is 19.2 Å². The quantitative estimate of drug-likeness (QED) is 0.740. The van der Waals surface area contributed by atoms with Gasteiger partial charge in [0.15, 0.2) is 0 Å². The van der Waals surface area contributed by atoms with Crippen molar-refractivity contribution in [3.8, 4) is 11.5 Å². The summed E-state index contributed by atoms with van der Waals surface area (Å²) in [7, 11) is 0. The first-order valence-corrected chi connectivity index (χ1v) is 6.73. The molecule has 19 heavy (non-hydrogen) atoms. The zero-order valence-corrected chi connectivity index (χ0v) is 11.8. The monoisotopic (exact) mass is 265 g/mol. The van der Waals surface area contributed by atoms with E-state index in [4.69, 9.17) is 0 Å². The Hall–Kier alpha value is -1.71. The van der Waals surface area contributed by atoms with Crippen molar-refractivity contribution in [3.63, 3.8) is 0 Å². The second kappa shape index (κ2) is 7.02. The summed E-state index contributed by atoms with van der Waals surface area (Å²) in [5, 5.41) is 22.0. The van der Waals surface area contributed by atoms with Crippen LogP contribution in [-0.4, -0.2) is 22.2 Å². The van der Waals surface area contributed by atoms with Gasteiger partial charge in [-0.25, -0.2) is 0 Å². The van der Waals surface area contributed by atoms with E-state index in [0.29, 0.717) is 5.92 Å². The Kier molecular flexibility index (Phi) is 5.67. The molecule has 4 heteroatoms. The minimum Gasteiger partial charge on any atom is -0.507 e. The van der Waals surface area contributed by atoms with Gasteiger partial charge in [-0.15, -0.1) is 0 Å². The molecule has 0 bridgehead atoms. The van der Waals surface area contributed by atoms with Crippen LogP contribution in [0.15, 0.2) is 18.2 Å². The summed E-state index contributed by atoms with van der Waals surface area (Å²) in [6.45, 7) is 6.27. The largest absolute Gasteiger partial charge is 0.507 e. The molecule has 4 nitrogen and oxygen atoms in total. The van der Waals surface area contributed by atoms with E-state index in [1.165, 1.54) is 18.2 Å². The van der Waals surface area contributed by atoms with E-state index in [1.54, 1.807) is 0 Å². The van der Waals surface area contributed by atoms with Gasteiger partial charge in [-0.05, 0) is 31.4 Å². The van der Waals surface area contributed by atoms with Gasteiger partial charge in [0, 0.05) is 6.04 Å². The van der Waals surface area contributed by atoms with Crippen molar-refractivity contribution < 1.29 is 15.0 Å². The first-order valence-electron chi connectivity index (χ1n) is 6.73. The number of nitrogens with one attached hydrogen (secondary N) is 1. The summed E-state index contributed by atoms with van der Waals surface area (Å²) < 4.78 is 0. The van der Waals surface area contributed by atoms with Crippen molar-refractivity contribution in [1.82, 2.24) is 5.32 Å². The van der Waals surface area contributed by atoms with Crippen LogP contribution in [0.5, 0.6) is 11.5 Å². The highest BCUT2D eigenvalue weighted by Crippen LogP contribution is 2.26. The van der Waals surface area contributed by atoms with Crippen LogP contribution >= 0.6 is 0 Å². The minimum absolute atomic E-state index is 0.0188. The lowest BCUT2D eigenvalue weighted by molar-refractivity contribution is 0.0932. The standard InChI is InChI=1S/C15H23NO3/c1-10(2)6-4-7-11(3)16-15(19)14-12(17)8-5-9-13(14)18/h5,8-11,17-18H,4,6-7H2,1-3H3,(H,16,19). The summed E-state index contributed by atoms with van der Waals surface area (Å²) in [5.41, 5.74) is -0.0572. The third-order valence-corrected chi connectivity index (χ3v) is 3.04. The summed E-state index contributed by atoms with van der Waals surface area (Å²) in [5.74, 6) is -0.184. The Bertz CT molecular complexity index is 409. The van der Waals surface area contributed by atoms with Crippen LogP contribution in [-0.2, 0) is 0 Å². The van der Waals surface area contributed by atoms with E-state index >= 15 is 0 Å². The van der Waals surface area contributed by atoms with Gasteiger partial charge in [-0.1, -0.05) is 32.8 Å². The molecule has 0 fully saturated rings.